The Balaban J connectivity index is 3.76. The molecular formula is C16H29ClO4. The molecule has 0 saturated heterocycles. The summed E-state index contributed by atoms with van der Waals surface area (Å²) >= 11 is 5.46. The van der Waals surface area contributed by atoms with Gasteiger partial charge in [-0.1, -0.05) is 46.0 Å². The minimum Gasteiger partial charge on any atom is -0.453 e. The van der Waals surface area contributed by atoms with Crippen LogP contribution in [0.5, 0.6) is 0 Å². The zero-order valence-corrected chi connectivity index (χ0v) is 14.1. The van der Waals surface area contributed by atoms with Gasteiger partial charge in [-0.3, -0.25) is 9.59 Å². The van der Waals surface area contributed by atoms with Crippen LogP contribution in [0.3, 0.4) is 0 Å². The van der Waals surface area contributed by atoms with Crippen molar-refractivity contribution in [1.82, 2.24) is 0 Å². The number of halogens is 1. The van der Waals surface area contributed by atoms with Crippen LogP contribution in [0.2, 0.25) is 0 Å². The average molecular weight is 321 g/mol. The summed E-state index contributed by atoms with van der Waals surface area (Å²) in [6.07, 6.45) is 7.17. The summed E-state index contributed by atoms with van der Waals surface area (Å²) in [5.41, 5.74) is 0. The largest absolute Gasteiger partial charge is 0.453 e. The van der Waals surface area contributed by atoms with E-state index in [4.69, 9.17) is 21.1 Å². The van der Waals surface area contributed by atoms with Crippen LogP contribution in [0.4, 0.5) is 0 Å². The Hall–Kier alpha value is -0.610. The standard InChI is InChI=1S/C16H29ClO4/c1-3-5-7-9-12-20-13-11-14(16(17)19)21-15(18)10-8-6-4-2/h14H,3-13H2,1-2H3. The second-order valence-corrected chi connectivity index (χ2v) is 5.57. The van der Waals surface area contributed by atoms with Crippen molar-refractivity contribution in [3.63, 3.8) is 0 Å². The van der Waals surface area contributed by atoms with Crippen LogP contribution in [0, 0.1) is 0 Å². The van der Waals surface area contributed by atoms with Gasteiger partial charge in [0.05, 0.1) is 6.61 Å². The van der Waals surface area contributed by atoms with Gasteiger partial charge in [0.25, 0.3) is 5.24 Å². The minimum absolute atomic E-state index is 0.329. The molecule has 0 aromatic rings. The third-order valence-electron chi connectivity index (χ3n) is 3.18. The molecule has 124 valence electrons. The summed E-state index contributed by atoms with van der Waals surface area (Å²) in [6, 6.07) is 0. The Bertz CT molecular complexity index is 281. The van der Waals surface area contributed by atoms with Crippen molar-refractivity contribution in [2.24, 2.45) is 0 Å². The molecule has 0 aliphatic carbocycles. The number of hydrogen-bond acceptors (Lipinski definition) is 4. The van der Waals surface area contributed by atoms with Gasteiger partial charge in [0.15, 0.2) is 6.10 Å². The van der Waals surface area contributed by atoms with Crippen molar-refractivity contribution in [3.05, 3.63) is 0 Å². The smallest absolute Gasteiger partial charge is 0.306 e. The van der Waals surface area contributed by atoms with Crippen LogP contribution in [0.1, 0.15) is 71.6 Å². The van der Waals surface area contributed by atoms with Crippen molar-refractivity contribution in [1.29, 1.82) is 0 Å². The molecule has 0 aromatic heterocycles. The monoisotopic (exact) mass is 320 g/mol. The van der Waals surface area contributed by atoms with E-state index in [9.17, 15) is 9.59 Å². The summed E-state index contributed by atoms with van der Waals surface area (Å²) in [7, 11) is 0. The molecule has 4 nitrogen and oxygen atoms in total. The van der Waals surface area contributed by atoms with Crippen LogP contribution < -0.4 is 0 Å². The van der Waals surface area contributed by atoms with Gasteiger partial charge in [0, 0.05) is 19.4 Å². The predicted molar refractivity (Wildman–Crippen MR) is 84.5 cm³/mol. The zero-order chi connectivity index (χ0) is 15.9. The maximum absolute atomic E-state index is 11.6. The minimum atomic E-state index is -0.878. The molecule has 0 bridgehead atoms. The van der Waals surface area contributed by atoms with Crippen LogP contribution >= 0.6 is 11.6 Å². The second-order valence-electron chi connectivity index (χ2n) is 5.20. The predicted octanol–water partition coefficient (Wildman–Crippen LogP) is 4.23. The number of rotatable bonds is 14. The first-order valence-electron chi connectivity index (χ1n) is 8.08. The fraction of sp³-hybridized carbons (Fsp3) is 0.875. The van der Waals surface area contributed by atoms with Gasteiger partial charge in [-0.15, -0.1) is 0 Å². The highest BCUT2D eigenvalue weighted by Gasteiger charge is 2.20. The Kier molecular flexibility index (Phi) is 13.9. The van der Waals surface area contributed by atoms with E-state index >= 15 is 0 Å². The van der Waals surface area contributed by atoms with Crippen LogP contribution in [-0.2, 0) is 19.1 Å². The molecule has 0 N–H and O–H groups in total. The second kappa shape index (κ2) is 14.3. The average Bonchev–Trinajstić information content (AvgIpc) is 2.45. The lowest BCUT2D eigenvalue weighted by atomic mass is 10.2. The molecule has 5 heteroatoms. The van der Waals surface area contributed by atoms with Crippen molar-refractivity contribution in [2.45, 2.75) is 77.7 Å². The van der Waals surface area contributed by atoms with Gasteiger partial charge in [-0.2, -0.15) is 0 Å². The van der Waals surface area contributed by atoms with E-state index < -0.39 is 11.3 Å². The molecule has 0 heterocycles. The quantitative estimate of drug-likeness (QED) is 0.273. The van der Waals surface area contributed by atoms with Gasteiger partial charge in [0.1, 0.15) is 0 Å². The summed E-state index contributed by atoms with van der Waals surface area (Å²) in [6.45, 7) is 5.28. The lowest BCUT2D eigenvalue weighted by Crippen LogP contribution is -2.25. The van der Waals surface area contributed by atoms with Gasteiger partial charge < -0.3 is 9.47 Å². The third-order valence-corrected chi connectivity index (χ3v) is 3.42. The first-order valence-corrected chi connectivity index (χ1v) is 8.46. The Morgan fingerprint density at radius 1 is 0.952 bits per heavy atom. The van der Waals surface area contributed by atoms with Crippen LogP contribution in [0.15, 0.2) is 0 Å². The summed E-state index contributed by atoms with van der Waals surface area (Å²) in [5.74, 6) is -0.356. The number of esters is 1. The number of ether oxygens (including phenoxy) is 2. The molecule has 21 heavy (non-hydrogen) atoms. The Morgan fingerprint density at radius 3 is 2.24 bits per heavy atom. The van der Waals surface area contributed by atoms with E-state index in [0.29, 0.717) is 26.1 Å². The molecule has 0 aliphatic heterocycles. The zero-order valence-electron chi connectivity index (χ0n) is 13.4. The molecule has 0 saturated carbocycles. The van der Waals surface area contributed by atoms with E-state index in [1.54, 1.807) is 0 Å². The lowest BCUT2D eigenvalue weighted by Gasteiger charge is -2.14. The summed E-state index contributed by atoms with van der Waals surface area (Å²) < 4.78 is 10.5. The van der Waals surface area contributed by atoms with E-state index in [0.717, 1.165) is 32.1 Å². The van der Waals surface area contributed by atoms with Gasteiger partial charge in [0.2, 0.25) is 0 Å². The highest BCUT2D eigenvalue weighted by atomic mass is 35.5. The van der Waals surface area contributed by atoms with E-state index in [2.05, 4.69) is 13.8 Å². The molecule has 0 fully saturated rings. The van der Waals surface area contributed by atoms with Crippen molar-refractivity contribution >= 4 is 22.8 Å². The maximum atomic E-state index is 11.6. The Labute approximate surface area is 133 Å². The van der Waals surface area contributed by atoms with E-state index in [1.807, 2.05) is 0 Å². The molecule has 0 radical (unpaired) electrons. The molecule has 1 unspecified atom stereocenters. The fourth-order valence-corrected chi connectivity index (χ4v) is 2.03. The van der Waals surface area contributed by atoms with Crippen LogP contribution in [0.25, 0.3) is 0 Å². The highest BCUT2D eigenvalue weighted by Crippen LogP contribution is 2.09. The molecule has 1 atom stereocenters. The molecule has 0 spiro atoms. The maximum Gasteiger partial charge on any atom is 0.306 e. The summed E-state index contributed by atoms with van der Waals surface area (Å²) in [5, 5.41) is -0.631. The number of hydrogen-bond donors (Lipinski definition) is 0. The van der Waals surface area contributed by atoms with E-state index in [-0.39, 0.29) is 5.97 Å². The molecule has 0 aromatic carbocycles. The van der Waals surface area contributed by atoms with Crippen molar-refractivity contribution in [2.75, 3.05) is 13.2 Å². The highest BCUT2D eigenvalue weighted by molar-refractivity contribution is 6.64. The Morgan fingerprint density at radius 2 is 1.62 bits per heavy atom. The molecular weight excluding hydrogens is 292 g/mol. The van der Waals surface area contributed by atoms with Gasteiger partial charge in [-0.25, -0.2) is 0 Å². The van der Waals surface area contributed by atoms with Gasteiger partial charge >= 0.3 is 5.97 Å². The molecule has 0 aliphatic rings. The number of carbonyl (C=O) groups excluding carboxylic acids is 2. The van der Waals surface area contributed by atoms with E-state index in [1.165, 1.54) is 12.8 Å². The topological polar surface area (TPSA) is 52.6 Å². The fourth-order valence-electron chi connectivity index (χ4n) is 1.88. The summed E-state index contributed by atoms with van der Waals surface area (Å²) in [4.78, 5) is 22.8. The van der Waals surface area contributed by atoms with Crippen LogP contribution in [-0.4, -0.2) is 30.5 Å². The molecule has 0 amide bonds. The first kappa shape index (κ1) is 20.4. The SMILES string of the molecule is CCCCCCOCCC(OC(=O)CCCCC)C(=O)Cl. The van der Waals surface area contributed by atoms with Crippen molar-refractivity contribution < 1.29 is 19.1 Å². The third kappa shape index (κ3) is 12.8. The number of carbonyl (C=O) groups is 2. The number of unbranched alkanes of at least 4 members (excludes halogenated alkanes) is 5. The first-order chi connectivity index (χ1) is 10.1. The lowest BCUT2D eigenvalue weighted by molar-refractivity contribution is -0.153. The molecule has 0 rings (SSSR count). The van der Waals surface area contributed by atoms with Gasteiger partial charge in [-0.05, 0) is 24.4 Å². The normalized spacial score (nSPS) is 12.1. The van der Waals surface area contributed by atoms with Crippen molar-refractivity contribution in [3.8, 4) is 0 Å².